The van der Waals surface area contributed by atoms with E-state index in [1.807, 2.05) is 4.90 Å². The SMILES string of the molecule is Cn1c2c(c3ccccc31)SCC(=O)N(C1CCCCC1)C2C(=O)NC1CCCCCC1. The second-order valence-corrected chi connectivity index (χ2v) is 10.8. The highest BCUT2D eigenvalue weighted by atomic mass is 32.2. The first-order valence-electron chi connectivity index (χ1n) is 12.5. The molecule has 2 saturated carbocycles. The molecule has 2 aromatic rings. The van der Waals surface area contributed by atoms with Crippen LogP contribution in [0.15, 0.2) is 29.2 Å². The Kier molecular flexibility index (Phi) is 6.49. The van der Waals surface area contributed by atoms with E-state index in [0.717, 1.165) is 60.0 Å². The Bertz CT molecular complexity index is 986. The first-order valence-corrected chi connectivity index (χ1v) is 13.5. The number of carbonyl (C=O) groups excluding carboxylic acids is 2. The Hall–Kier alpha value is -1.95. The summed E-state index contributed by atoms with van der Waals surface area (Å²) in [6.45, 7) is 0. The van der Waals surface area contributed by atoms with Gasteiger partial charge in [0.1, 0.15) is 0 Å². The van der Waals surface area contributed by atoms with Gasteiger partial charge in [0.2, 0.25) is 11.8 Å². The number of carbonyl (C=O) groups is 2. The number of nitrogens with zero attached hydrogens (tertiary/aromatic N) is 2. The molecule has 1 aromatic heterocycles. The van der Waals surface area contributed by atoms with Crippen molar-refractivity contribution >= 4 is 34.5 Å². The molecule has 2 aliphatic carbocycles. The molecular weight excluding hydrogens is 418 g/mol. The van der Waals surface area contributed by atoms with Crippen LogP contribution < -0.4 is 5.32 Å². The molecule has 1 aromatic carbocycles. The monoisotopic (exact) mass is 453 g/mol. The summed E-state index contributed by atoms with van der Waals surface area (Å²) in [5.41, 5.74) is 2.13. The van der Waals surface area contributed by atoms with Crippen molar-refractivity contribution in [2.75, 3.05) is 5.75 Å². The minimum Gasteiger partial charge on any atom is -0.351 e. The normalized spacial score (nSPS) is 23.6. The number of amides is 2. The number of aromatic nitrogens is 1. The lowest BCUT2D eigenvalue weighted by molar-refractivity contribution is -0.143. The molecule has 32 heavy (non-hydrogen) atoms. The average molecular weight is 454 g/mol. The van der Waals surface area contributed by atoms with Gasteiger partial charge < -0.3 is 14.8 Å². The van der Waals surface area contributed by atoms with Crippen LogP contribution in [0, 0.1) is 0 Å². The van der Waals surface area contributed by atoms with Crippen molar-refractivity contribution in [1.82, 2.24) is 14.8 Å². The van der Waals surface area contributed by atoms with Crippen LogP contribution in [0.4, 0.5) is 0 Å². The Morgan fingerprint density at radius 1 is 0.969 bits per heavy atom. The third kappa shape index (κ3) is 4.07. The summed E-state index contributed by atoms with van der Waals surface area (Å²) < 4.78 is 2.17. The van der Waals surface area contributed by atoms with Gasteiger partial charge in [-0.3, -0.25) is 9.59 Å². The second kappa shape index (κ2) is 9.50. The minimum absolute atomic E-state index is 0.0190. The highest BCUT2D eigenvalue weighted by Crippen LogP contribution is 2.44. The molecule has 1 N–H and O–H groups in total. The number of para-hydroxylation sites is 1. The van der Waals surface area contributed by atoms with Gasteiger partial charge in [-0.15, -0.1) is 11.8 Å². The zero-order valence-corrected chi connectivity index (χ0v) is 20.0. The van der Waals surface area contributed by atoms with Crippen LogP contribution in [0.5, 0.6) is 0 Å². The molecule has 2 fully saturated rings. The van der Waals surface area contributed by atoms with Gasteiger partial charge >= 0.3 is 0 Å². The maximum Gasteiger partial charge on any atom is 0.249 e. The number of thioether (sulfide) groups is 1. The Morgan fingerprint density at radius 3 is 2.38 bits per heavy atom. The Labute approximate surface area is 195 Å². The van der Waals surface area contributed by atoms with Crippen LogP contribution in [0.2, 0.25) is 0 Å². The van der Waals surface area contributed by atoms with Crippen LogP contribution in [0.1, 0.15) is 82.4 Å². The largest absolute Gasteiger partial charge is 0.351 e. The molecule has 0 bridgehead atoms. The van der Waals surface area contributed by atoms with Crippen molar-refractivity contribution in [3.8, 4) is 0 Å². The quantitative estimate of drug-likeness (QED) is 0.640. The second-order valence-electron chi connectivity index (χ2n) is 9.77. The lowest BCUT2D eigenvalue weighted by atomic mass is 9.92. The van der Waals surface area contributed by atoms with E-state index in [2.05, 4.69) is 41.2 Å². The van der Waals surface area contributed by atoms with E-state index in [1.165, 1.54) is 32.1 Å². The number of rotatable bonds is 3. The summed E-state index contributed by atoms with van der Waals surface area (Å²) in [5, 5.41) is 4.56. The lowest BCUT2D eigenvalue weighted by Gasteiger charge is -2.39. The van der Waals surface area contributed by atoms with Crippen LogP contribution in [-0.2, 0) is 16.6 Å². The molecule has 6 heteroatoms. The van der Waals surface area contributed by atoms with Crippen molar-refractivity contribution in [2.24, 2.45) is 7.05 Å². The predicted molar refractivity (Wildman–Crippen MR) is 130 cm³/mol. The summed E-state index contributed by atoms with van der Waals surface area (Å²) in [6, 6.07) is 8.19. The molecule has 1 aliphatic heterocycles. The third-order valence-corrected chi connectivity index (χ3v) is 8.80. The third-order valence-electron chi connectivity index (χ3n) is 7.69. The maximum atomic E-state index is 14.0. The number of hydrogen-bond acceptors (Lipinski definition) is 3. The highest BCUT2D eigenvalue weighted by molar-refractivity contribution is 8.00. The van der Waals surface area contributed by atoms with Gasteiger partial charge in [-0.2, -0.15) is 0 Å². The summed E-state index contributed by atoms with van der Waals surface area (Å²) >= 11 is 1.61. The molecular formula is C26H35N3O2S. The molecule has 2 amide bonds. The first kappa shape index (κ1) is 21.9. The van der Waals surface area contributed by atoms with E-state index in [4.69, 9.17) is 0 Å². The van der Waals surface area contributed by atoms with Crippen molar-refractivity contribution < 1.29 is 9.59 Å². The van der Waals surface area contributed by atoms with E-state index in [-0.39, 0.29) is 23.9 Å². The standard InChI is InChI=1S/C26H35N3O2S/c1-28-21-16-10-9-15-20(21)25-23(28)24(26(31)27-18-11-5-2-3-6-12-18)29(22(30)17-32-25)19-13-7-4-8-14-19/h9-10,15-16,18-19,24H,2-8,11-14,17H2,1H3,(H,27,31). The van der Waals surface area contributed by atoms with Crippen LogP contribution in [0.25, 0.3) is 10.9 Å². The number of aryl methyl sites for hydroxylation is 1. The van der Waals surface area contributed by atoms with Crippen LogP contribution >= 0.6 is 11.8 Å². The van der Waals surface area contributed by atoms with Crippen LogP contribution in [-0.4, -0.2) is 39.1 Å². The van der Waals surface area contributed by atoms with Gasteiger partial charge in [-0.05, 0) is 31.7 Å². The molecule has 5 rings (SSSR count). The summed E-state index contributed by atoms with van der Waals surface area (Å²) in [4.78, 5) is 30.6. The van der Waals surface area contributed by atoms with Gasteiger partial charge in [-0.1, -0.05) is 63.1 Å². The number of hydrogen-bond donors (Lipinski definition) is 1. The molecule has 2 heterocycles. The molecule has 3 aliphatic rings. The topological polar surface area (TPSA) is 54.3 Å². The van der Waals surface area contributed by atoms with Crippen molar-refractivity contribution in [1.29, 1.82) is 0 Å². The number of nitrogens with one attached hydrogen (secondary N) is 1. The van der Waals surface area contributed by atoms with Crippen LogP contribution in [0.3, 0.4) is 0 Å². The number of fused-ring (bicyclic) bond motifs is 3. The molecule has 0 spiro atoms. The average Bonchev–Trinajstić information content (AvgIpc) is 3.00. The summed E-state index contributed by atoms with van der Waals surface area (Å²) in [7, 11) is 2.06. The molecule has 1 unspecified atom stereocenters. The van der Waals surface area contributed by atoms with Gasteiger partial charge in [0.25, 0.3) is 0 Å². The van der Waals surface area contributed by atoms with E-state index in [0.29, 0.717) is 5.75 Å². The van der Waals surface area contributed by atoms with Gasteiger partial charge in [0.15, 0.2) is 6.04 Å². The lowest BCUT2D eigenvalue weighted by Crippen LogP contribution is -2.51. The van der Waals surface area contributed by atoms with Crippen molar-refractivity contribution in [3.05, 3.63) is 30.0 Å². The Balaban J connectivity index is 1.58. The number of benzene rings is 1. The molecule has 0 radical (unpaired) electrons. The Morgan fingerprint density at radius 2 is 1.62 bits per heavy atom. The van der Waals surface area contributed by atoms with E-state index in [1.54, 1.807) is 11.8 Å². The predicted octanol–water partition coefficient (Wildman–Crippen LogP) is 5.33. The van der Waals surface area contributed by atoms with Crippen molar-refractivity contribution in [2.45, 2.75) is 93.7 Å². The highest BCUT2D eigenvalue weighted by Gasteiger charge is 2.42. The van der Waals surface area contributed by atoms with E-state index < -0.39 is 6.04 Å². The fourth-order valence-corrected chi connectivity index (χ4v) is 7.19. The van der Waals surface area contributed by atoms with E-state index in [9.17, 15) is 9.59 Å². The summed E-state index contributed by atoms with van der Waals surface area (Å²) in [6.07, 6.45) is 12.5. The fourth-order valence-electron chi connectivity index (χ4n) is 6.05. The van der Waals surface area contributed by atoms with Gasteiger partial charge in [0, 0.05) is 34.9 Å². The molecule has 0 saturated heterocycles. The molecule has 1 atom stereocenters. The van der Waals surface area contributed by atoms with Gasteiger partial charge in [0.05, 0.1) is 11.4 Å². The van der Waals surface area contributed by atoms with E-state index >= 15 is 0 Å². The fraction of sp³-hybridized carbons (Fsp3) is 0.615. The zero-order chi connectivity index (χ0) is 22.1. The zero-order valence-electron chi connectivity index (χ0n) is 19.1. The maximum absolute atomic E-state index is 14.0. The summed E-state index contributed by atoms with van der Waals surface area (Å²) in [5.74, 6) is 0.540. The van der Waals surface area contributed by atoms with Gasteiger partial charge in [-0.25, -0.2) is 0 Å². The molecule has 172 valence electrons. The first-order chi connectivity index (χ1) is 15.6. The molecule has 5 nitrogen and oxygen atoms in total. The van der Waals surface area contributed by atoms with Crippen molar-refractivity contribution in [3.63, 3.8) is 0 Å². The minimum atomic E-state index is -0.545. The smallest absolute Gasteiger partial charge is 0.249 e.